The standard InChI is InChI=1S/C21H22Cl2N2O4/c1-4-6-8-29-19-15(22)9-13(10-16(19)23)18(26)17-12(3)14(11-24)20(27)25(7-5-2)21(17)28/h9-10,28H,4-8H2,1-3H3. The largest absolute Gasteiger partial charge is 0.494 e. The molecular formula is C21H22Cl2N2O4. The van der Waals surface area contributed by atoms with Crippen molar-refractivity contribution in [1.82, 2.24) is 4.57 Å². The van der Waals surface area contributed by atoms with Crippen LogP contribution in [0.25, 0.3) is 0 Å². The number of nitrogens with zero attached hydrogens (tertiary/aromatic N) is 2. The van der Waals surface area contributed by atoms with Crippen molar-refractivity contribution in [3.8, 4) is 17.7 Å². The lowest BCUT2D eigenvalue weighted by atomic mass is 9.97. The Balaban J connectivity index is 2.59. The zero-order valence-electron chi connectivity index (χ0n) is 16.5. The molecule has 29 heavy (non-hydrogen) atoms. The lowest BCUT2D eigenvalue weighted by molar-refractivity contribution is 0.103. The lowest BCUT2D eigenvalue weighted by Gasteiger charge is -2.16. The molecule has 0 atom stereocenters. The minimum Gasteiger partial charge on any atom is -0.494 e. The van der Waals surface area contributed by atoms with Crippen LogP contribution in [0.2, 0.25) is 10.0 Å². The number of halogens is 2. The van der Waals surface area contributed by atoms with Gasteiger partial charge in [0, 0.05) is 12.1 Å². The average Bonchev–Trinajstić information content (AvgIpc) is 2.67. The van der Waals surface area contributed by atoms with Crippen molar-refractivity contribution in [2.75, 3.05) is 6.61 Å². The molecule has 0 saturated heterocycles. The highest BCUT2D eigenvalue weighted by Crippen LogP contribution is 2.36. The molecule has 2 aromatic rings. The maximum atomic E-state index is 13.2. The number of aromatic nitrogens is 1. The number of unbranched alkanes of at least 4 members (excludes halogenated alkanes) is 1. The summed E-state index contributed by atoms with van der Waals surface area (Å²) < 4.78 is 6.62. The van der Waals surface area contributed by atoms with Crippen molar-refractivity contribution in [3.63, 3.8) is 0 Å². The van der Waals surface area contributed by atoms with E-state index in [1.54, 1.807) is 0 Å². The summed E-state index contributed by atoms with van der Waals surface area (Å²) in [6.07, 6.45) is 2.31. The first-order valence-corrected chi connectivity index (χ1v) is 10.1. The van der Waals surface area contributed by atoms with Gasteiger partial charge in [-0.05, 0) is 37.5 Å². The second-order valence-corrected chi connectivity index (χ2v) is 7.38. The van der Waals surface area contributed by atoms with E-state index in [0.717, 1.165) is 17.4 Å². The third-order valence-electron chi connectivity index (χ3n) is 4.48. The molecule has 1 aromatic heterocycles. The normalized spacial score (nSPS) is 10.6. The predicted octanol–water partition coefficient (Wildman–Crippen LogP) is 4.86. The summed E-state index contributed by atoms with van der Waals surface area (Å²) in [5.41, 5.74) is -0.705. The number of carbonyl (C=O) groups is 1. The summed E-state index contributed by atoms with van der Waals surface area (Å²) in [5, 5.41) is 20.3. The highest BCUT2D eigenvalue weighted by molar-refractivity contribution is 6.38. The van der Waals surface area contributed by atoms with Crippen LogP contribution in [-0.2, 0) is 6.54 Å². The van der Waals surface area contributed by atoms with E-state index >= 15 is 0 Å². The lowest BCUT2D eigenvalue weighted by Crippen LogP contribution is -2.26. The van der Waals surface area contributed by atoms with E-state index in [1.165, 1.54) is 19.1 Å². The number of hydrogen-bond donors (Lipinski definition) is 1. The van der Waals surface area contributed by atoms with Crippen LogP contribution in [0.4, 0.5) is 0 Å². The van der Waals surface area contributed by atoms with Crippen molar-refractivity contribution in [2.45, 2.75) is 46.6 Å². The summed E-state index contributed by atoms with van der Waals surface area (Å²) in [5.74, 6) is -0.785. The van der Waals surface area contributed by atoms with Crippen LogP contribution in [0.1, 0.15) is 60.2 Å². The summed E-state index contributed by atoms with van der Waals surface area (Å²) in [4.78, 5) is 25.6. The fourth-order valence-electron chi connectivity index (χ4n) is 2.95. The smallest absolute Gasteiger partial charge is 0.271 e. The third kappa shape index (κ3) is 4.58. The molecule has 1 heterocycles. The molecule has 1 aromatic carbocycles. The zero-order valence-corrected chi connectivity index (χ0v) is 18.0. The molecule has 0 radical (unpaired) electrons. The van der Waals surface area contributed by atoms with E-state index in [9.17, 15) is 20.0 Å². The number of hydrogen-bond acceptors (Lipinski definition) is 5. The Morgan fingerprint density at radius 1 is 1.24 bits per heavy atom. The summed E-state index contributed by atoms with van der Waals surface area (Å²) in [6, 6.07) is 4.63. The van der Waals surface area contributed by atoms with Gasteiger partial charge < -0.3 is 9.84 Å². The molecule has 0 saturated carbocycles. The molecule has 0 bridgehead atoms. The van der Waals surface area contributed by atoms with Gasteiger partial charge in [0.25, 0.3) is 5.56 Å². The maximum absolute atomic E-state index is 13.2. The number of ether oxygens (including phenoxy) is 1. The Morgan fingerprint density at radius 3 is 2.38 bits per heavy atom. The average molecular weight is 437 g/mol. The van der Waals surface area contributed by atoms with Crippen molar-refractivity contribution >= 4 is 29.0 Å². The maximum Gasteiger partial charge on any atom is 0.271 e. The van der Waals surface area contributed by atoms with Crippen molar-refractivity contribution < 1.29 is 14.6 Å². The number of rotatable bonds is 8. The molecule has 0 spiro atoms. The molecule has 2 rings (SSSR count). The van der Waals surface area contributed by atoms with Crippen LogP contribution in [-0.4, -0.2) is 22.1 Å². The minimum atomic E-state index is -0.628. The number of benzene rings is 1. The van der Waals surface area contributed by atoms with Gasteiger partial charge in [0.15, 0.2) is 11.5 Å². The van der Waals surface area contributed by atoms with Crippen LogP contribution >= 0.6 is 23.2 Å². The molecule has 0 aliphatic carbocycles. The number of ketones is 1. The van der Waals surface area contributed by atoms with Crippen LogP contribution in [0.3, 0.4) is 0 Å². The van der Waals surface area contributed by atoms with E-state index in [4.69, 9.17) is 27.9 Å². The van der Waals surface area contributed by atoms with Gasteiger partial charge >= 0.3 is 0 Å². The molecule has 0 aliphatic rings. The van der Waals surface area contributed by atoms with Gasteiger partial charge in [0.05, 0.1) is 22.2 Å². The molecule has 6 nitrogen and oxygen atoms in total. The van der Waals surface area contributed by atoms with Gasteiger partial charge in [-0.2, -0.15) is 5.26 Å². The second-order valence-electron chi connectivity index (χ2n) is 6.57. The summed E-state index contributed by atoms with van der Waals surface area (Å²) in [7, 11) is 0. The number of pyridine rings is 1. The summed E-state index contributed by atoms with van der Waals surface area (Å²) >= 11 is 12.5. The first kappa shape index (κ1) is 22.8. The summed E-state index contributed by atoms with van der Waals surface area (Å²) in [6.45, 7) is 5.91. The zero-order chi connectivity index (χ0) is 21.7. The van der Waals surface area contributed by atoms with Gasteiger partial charge in [-0.25, -0.2) is 0 Å². The van der Waals surface area contributed by atoms with Crippen molar-refractivity contribution in [1.29, 1.82) is 5.26 Å². The van der Waals surface area contributed by atoms with Crippen molar-refractivity contribution in [2.24, 2.45) is 0 Å². The second kappa shape index (κ2) is 9.82. The SMILES string of the molecule is CCCCOc1c(Cl)cc(C(=O)c2c(C)c(C#N)c(=O)n(CCC)c2O)cc1Cl. The topological polar surface area (TPSA) is 92.3 Å². The van der Waals surface area contributed by atoms with Gasteiger partial charge in [-0.3, -0.25) is 14.2 Å². The van der Waals surface area contributed by atoms with E-state index in [0.29, 0.717) is 13.0 Å². The van der Waals surface area contributed by atoms with Gasteiger partial charge in [-0.15, -0.1) is 0 Å². The van der Waals surface area contributed by atoms with Gasteiger partial charge in [0.2, 0.25) is 5.88 Å². The van der Waals surface area contributed by atoms with Crippen LogP contribution in [0.5, 0.6) is 11.6 Å². The molecule has 8 heteroatoms. The molecule has 0 unspecified atom stereocenters. The number of carbonyl (C=O) groups excluding carboxylic acids is 1. The van der Waals surface area contributed by atoms with Crippen LogP contribution < -0.4 is 10.3 Å². The molecular weight excluding hydrogens is 415 g/mol. The predicted molar refractivity (Wildman–Crippen MR) is 112 cm³/mol. The first-order valence-electron chi connectivity index (χ1n) is 9.31. The van der Waals surface area contributed by atoms with Crippen molar-refractivity contribution in [3.05, 3.63) is 54.8 Å². The monoisotopic (exact) mass is 436 g/mol. The van der Waals surface area contributed by atoms with Gasteiger partial charge in [-0.1, -0.05) is 43.5 Å². The minimum absolute atomic E-state index is 0.114. The Hall–Kier alpha value is -2.49. The Bertz CT molecular complexity index is 1020. The van der Waals surface area contributed by atoms with E-state index in [-0.39, 0.29) is 44.6 Å². The molecule has 154 valence electrons. The molecule has 0 fully saturated rings. The highest BCUT2D eigenvalue weighted by atomic mass is 35.5. The van der Waals surface area contributed by atoms with Gasteiger partial charge in [0.1, 0.15) is 11.6 Å². The first-order chi connectivity index (χ1) is 13.8. The molecule has 0 amide bonds. The third-order valence-corrected chi connectivity index (χ3v) is 5.04. The molecule has 0 aliphatic heterocycles. The highest BCUT2D eigenvalue weighted by Gasteiger charge is 2.26. The number of nitriles is 1. The quantitative estimate of drug-likeness (QED) is 0.470. The fourth-order valence-corrected chi connectivity index (χ4v) is 3.54. The van der Waals surface area contributed by atoms with E-state index in [2.05, 4.69) is 0 Å². The van der Waals surface area contributed by atoms with E-state index in [1.807, 2.05) is 19.9 Å². The molecule has 1 N–H and O–H groups in total. The van der Waals surface area contributed by atoms with E-state index < -0.39 is 17.2 Å². The van der Waals surface area contributed by atoms with Crippen LogP contribution in [0, 0.1) is 18.3 Å². The number of aromatic hydroxyl groups is 1. The Morgan fingerprint density at radius 2 is 1.86 bits per heavy atom. The van der Waals surface area contributed by atoms with Crippen LogP contribution in [0.15, 0.2) is 16.9 Å². The Kier molecular flexibility index (Phi) is 7.72. The Labute approximate surface area is 179 Å². The fraction of sp³-hybridized carbons (Fsp3) is 0.381.